The fourth-order valence-electron chi connectivity index (χ4n) is 11.4. The van der Waals surface area contributed by atoms with Crippen LogP contribution in [0.4, 0.5) is 15.3 Å². The van der Waals surface area contributed by atoms with Crippen LogP contribution in [-0.4, -0.2) is 149 Å². The number of amides is 8. The highest BCUT2D eigenvalue weighted by atomic mass is 16.6. The number of urea groups is 1. The number of hydrogen-bond donors (Lipinski definition) is 7. The topological polar surface area (TPSA) is 330 Å². The van der Waals surface area contributed by atoms with Crippen LogP contribution in [-0.2, 0) is 68.6 Å². The third-order valence-corrected chi connectivity index (χ3v) is 16.4. The fourth-order valence-corrected chi connectivity index (χ4v) is 11.4. The number of rotatable bonds is 32. The number of imide groups is 1. The van der Waals surface area contributed by atoms with Crippen LogP contribution in [0.2, 0.25) is 0 Å². The first-order valence-corrected chi connectivity index (χ1v) is 30.2. The number of nitrogens with zero attached hydrogens (tertiary/aromatic N) is 1. The van der Waals surface area contributed by atoms with E-state index in [-0.39, 0.29) is 123 Å². The van der Waals surface area contributed by atoms with E-state index in [4.69, 9.17) is 29.4 Å². The number of carbonyl (C=O) groups is 10. The van der Waals surface area contributed by atoms with Gasteiger partial charge in [-0.2, -0.15) is 0 Å². The van der Waals surface area contributed by atoms with E-state index in [1.807, 2.05) is 26.0 Å². The van der Waals surface area contributed by atoms with Crippen molar-refractivity contribution in [2.75, 3.05) is 25.0 Å². The largest absolute Gasteiger partial charge is 0.459 e. The average Bonchev–Trinajstić information content (AvgIpc) is 1.64. The fraction of sp³-hybridized carbons (Fsp3) is 0.619. The zero-order valence-corrected chi connectivity index (χ0v) is 50.7. The molecule has 0 unspecified atom stereocenters. The number of allylic oxidation sites excluding steroid dienone is 2. The van der Waals surface area contributed by atoms with Gasteiger partial charge in [0.05, 0.1) is 37.0 Å². The zero-order chi connectivity index (χ0) is 62.7. The average molecular weight is 1200 g/mol. The number of Topliss-reactive ketones (excluding diaryl/α,β-unsaturated/α-hetero) is 2. The Hall–Kier alpha value is -7.08. The SMILES string of the molecule is CC(=O)O[C@@H](C)/C=C\C(=O)N[C@@H]1C[C@H](C)[C@H](C/C=C(C)/C=C/[C@H]2O[C@H](CC(=O)CC3CC(NC(=O)OCc4ccc(NC(=O)[C@H](CCCNC(N)=O)CC(=O)[C@@H](NC(=O)CCCCCN5C(=O)C=CC5=O)C(C)C)cc4)C3)C[C@@]3(CO3)[C@@H]2O)O[C@@H]1C. The molecule has 23 nitrogen and oxygen atoms in total. The second kappa shape index (κ2) is 32.6. The third kappa shape index (κ3) is 21.7. The molecule has 5 aliphatic rings. The van der Waals surface area contributed by atoms with Gasteiger partial charge in [-0.15, -0.1) is 0 Å². The number of nitrogens with two attached hydrogens (primary N) is 1. The van der Waals surface area contributed by atoms with Gasteiger partial charge in [0.15, 0.2) is 5.78 Å². The van der Waals surface area contributed by atoms with Gasteiger partial charge in [0.1, 0.15) is 36.3 Å². The van der Waals surface area contributed by atoms with Crippen LogP contribution in [0.25, 0.3) is 0 Å². The van der Waals surface area contributed by atoms with Crippen molar-refractivity contribution >= 4 is 64.9 Å². The second-order valence-electron chi connectivity index (χ2n) is 24.1. The van der Waals surface area contributed by atoms with E-state index in [2.05, 4.69) is 39.6 Å². The Balaban J connectivity index is 0.879. The minimum atomic E-state index is -0.893. The number of hydrogen-bond acceptors (Lipinski definition) is 16. The number of aliphatic hydroxyl groups is 1. The molecule has 1 saturated carbocycles. The number of epoxide rings is 1. The summed E-state index contributed by atoms with van der Waals surface area (Å²) in [6.45, 7) is 13.4. The first-order chi connectivity index (χ1) is 40.9. The number of ether oxygens (including phenoxy) is 5. The highest BCUT2D eigenvalue weighted by molar-refractivity contribution is 6.12. The Morgan fingerprint density at radius 3 is 2.27 bits per heavy atom. The maximum absolute atomic E-state index is 13.7. The van der Waals surface area contributed by atoms with E-state index >= 15 is 0 Å². The van der Waals surface area contributed by atoms with Crippen molar-refractivity contribution in [1.29, 1.82) is 0 Å². The quantitative estimate of drug-likeness (QED) is 0.0115. The molecule has 23 heteroatoms. The standard InChI is InChI=1S/C63H89N7O16/c1-37(2)58(69-54(74)13-9-8-10-27-70-56(76)24-25-57(70)77)51(73)32-45(12-11-26-65-61(64)80)60(79)66-46-19-17-43(18-20-46)35-82-62(81)67-47-29-44(30-47)31-48(72)33-49-34-63(36-83-63)59(78)53(86-49)22-15-38(3)14-21-52-39(4)28-50(41(6)85-52)68-55(75)23-16-40(5)84-42(7)71/h14-20,22-25,37,39-41,44-45,47,49-50,52-53,58-59,78H,8-13,21,26-36H2,1-7H3,(H,66,79)(H,67,81)(H,68,75)(H,69,74)(H3,64,65,80)/b22-15+,23-16-,38-14+/t39-,40-,41+,44?,45+,47?,49+,50+,52-,53+,58-,59+,63+/m0/s1. The molecule has 4 heterocycles. The number of nitrogens with one attached hydrogen (secondary N) is 5. The molecule has 6 rings (SSSR count). The molecule has 1 aliphatic carbocycles. The Kier molecular flexibility index (Phi) is 25.8. The molecule has 86 heavy (non-hydrogen) atoms. The van der Waals surface area contributed by atoms with Crippen molar-refractivity contribution in [3.05, 3.63) is 77.9 Å². The summed E-state index contributed by atoms with van der Waals surface area (Å²) in [6, 6.07) is 4.77. The van der Waals surface area contributed by atoms with Gasteiger partial charge in [0.25, 0.3) is 11.8 Å². The van der Waals surface area contributed by atoms with E-state index in [9.17, 15) is 53.1 Å². The molecule has 8 amide bonds. The number of ketones is 2. The van der Waals surface area contributed by atoms with Crippen LogP contribution < -0.4 is 32.3 Å². The molecule has 0 radical (unpaired) electrons. The zero-order valence-electron chi connectivity index (χ0n) is 50.7. The highest BCUT2D eigenvalue weighted by Gasteiger charge is 2.58. The summed E-state index contributed by atoms with van der Waals surface area (Å²) in [4.78, 5) is 126. The lowest BCUT2D eigenvalue weighted by Gasteiger charge is -2.39. The normalized spacial score (nSPS) is 26.4. The molecule has 0 aromatic heterocycles. The summed E-state index contributed by atoms with van der Waals surface area (Å²) in [5, 5.41) is 25.3. The molecule has 3 saturated heterocycles. The van der Waals surface area contributed by atoms with Crippen LogP contribution in [0.15, 0.2) is 72.4 Å². The summed E-state index contributed by atoms with van der Waals surface area (Å²) in [5.74, 6) is -3.32. The number of primary amides is 1. The summed E-state index contributed by atoms with van der Waals surface area (Å²) in [6.07, 6.45) is 13.4. The number of aliphatic hydroxyl groups excluding tert-OH is 1. The van der Waals surface area contributed by atoms with Crippen molar-refractivity contribution in [1.82, 2.24) is 26.2 Å². The van der Waals surface area contributed by atoms with Gasteiger partial charge in [-0.3, -0.25) is 43.3 Å². The van der Waals surface area contributed by atoms with Crippen LogP contribution >= 0.6 is 0 Å². The van der Waals surface area contributed by atoms with Gasteiger partial charge in [-0.05, 0) is 114 Å². The van der Waals surface area contributed by atoms with Crippen LogP contribution in [0.1, 0.15) is 144 Å². The maximum Gasteiger partial charge on any atom is 0.407 e. The lowest BCUT2D eigenvalue weighted by atomic mass is 9.76. The minimum Gasteiger partial charge on any atom is -0.459 e. The summed E-state index contributed by atoms with van der Waals surface area (Å²) >= 11 is 0. The van der Waals surface area contributed by atoms with Gasteiger partial charge in [0, 0.05) is 88.0 Å². The van der Waals surface area contributed by atoms with E-state index in [0.29, 0.717) is 75.6 Å². The number of benzene rings is 1. The highest BCUT2D eigenvalue weighted by Crippen LogP contribution is 2.44. The van der Waals surface area contributed by atoms with Crippen LogP contribution in [0.5, 0.6) is 0 Å². The molecule has 4 aliphatic heterocycles. The van der Waals surface area contributed by atoms with Crippen molar-refractivity contribution in [3.8, 4) is 0 Å². The summed E-state index contributed by atoms with van der Waals surface area (Å²) in [7, 11) is 0. The van der Waals surface area contributed by atoms with Crippen molar-refractivity contribution < 1.29 is 76.7 Å². The Bertz CT molecular complexity index is 2680. The van der Waals surface area contributed by atoms with Crippen LogP contribution in [0.3, 0.4) is 0 Å². The van der Waals surface area contributed by atoms with E-state index in [0.717, 1.165) is 16.9 Å². The molecule has 1 aromatic carbocycles. The number of carbonyl (C=O) groups excluding carboxylic acids is 10. The number of alkyl carbamates (subject to hydrolysis) is 1. The maximum atomic E-state index is 13.7. The Labute approximate surface area is 503 Å². The lowest BCUT2D eigenvalue weighted by Crippen LogP contribution is -2.50. The van der Waals surface area contributed by atoms with Gasteiger partial charge in [-0.1, -0.05) is 63.1 Å². The molecule has 0 bridgehead atoms. The van der Waals surface area contributed by atoms with Gasteiger partial charge in [0.2, 0.25) is 17.7 Å². The van der Waals surface area contributed by atoms with Crippen molar-refractivity contribution in [3.63, 3.8) is 0 Å². The third-order valence-electron chi connectivity index (χ3n) is 16.4. The molecule has 4 fully saturated rings. The number of unbranched alkanes of at least 4 members (excludes halogenated alkanes) is 2. The van der Waals surface area contributed by atoms with Gasteiger partial charge >= 0.3 is 18.1 Å². The molecule has 8 N–H and O–H groups in total. The van der Waals surface area contributed by atoms with Gasteiger partial charge in [-0.25, -0.2) is 9.59 Å². The lowest BCUT2D eigenvalue weighted by molar-refractivity contribution is -0.145. The van der Waals surface area contributed by atoms with Crippen molar-refractivity contribution in [2.24, 2.45) is 29.4 Å². The molecular weight excluding hydrogens is 1110 g/mol. The van der Waals surface area contributed by atoms with Gasteiger partial charge < -0.3 is 61.1 Å². The summed E-state index contributed by atoms with van der Waals surface area (Å²) in [5.41, 5.74) is 6.51. The smallest absolute Gasteiger partial charge is 0.407 e. The van der Waals surface area contributed by atoms with E-state index in [1.165, 1.54) is 31.2 Å². The molecular formula is C63H89N7O16. The molecule has 472 valence electrons. The number of esters is 1. The molecule has 1 spiro atoms. The van der Waals surface area contributed by atoms with E-state index < -0.39 is 66.0 Å². The van der Waals surface area contributed by atoms with Crippen molar-refractivity contribution in [2.45, 2.75) is 205 Å². The van der Waals surface area contributed by atoms with Crippen LogP contribution in [0, 0.1) is 23.7 Å². The monoisotopic (exact) mass is 1200 g/mol. The predicted molar refractivity (Wildman–Crippen MR) is 316 cm³/mol. The first-order valence-electron chi connectivity index (χ1n) is 30.2. The second-order valence-corrected chi connectivity index (χ2v) is 24.1. The first kappa shape index (κ1) is 68.0. The predicted octanol–water partition coefficient (Wildman–Crippen LogP) is 5.62. The number of anilines is 1. The Morgan fingerprint density at radius 2 is 1.60 bits per heavy atom. The molecule has 11 atom stereocenters. The summed E-state index contributed by atoms with van der Waals surface area (Å²) < 4.78 is 28.9. The molecule has 1 aromatic rings. The Morgan fingerprint density at radius 1 is 0.895 bits per heavy atom. The minimum absolute atomic E-state index is 0.0325. The van der Waals surface area contributed by atoms with E-state index in [1.54, 1.807) is 45.0 Å².